The molecule has 1 heterocycles. The van der Waals surface area contributed by atoms with Crippen LogP contribution in [0.1, 0.15) is 5.56 Å². The second-order valence-corrected chi connectivity index (χ2v) is 5.92. The van der Waals surface area contributed by atoms with Crippen LogP contribution in [0.15, 0.2) is 36.4 Å². The molecule has 0 amide bonds. The molecule has 5 nitrogen and oxygen atoms in total. The lowest BCUT2D eigenvalue weighted by Crippen LogP contribution is -2.38. The summed E-state index contributed by atoms with van der Waals surface area (Å²) in [6.45, 7) is 4.52. The Morgan fingerprint density at radius 3 is 2.69 bits per heavy atom. The van der Waals surface area contributed by atoms with Crippen molar-refractivity contribution in [3.8, 4) is 5.75 Å². The van der Waals surface area contributed by atoms with Gasteiger partial charge in [-0.1, -0.05) is 6.07 Å². The molecular formula is C19H21F2N3O2. The van der Waals surface area contributed by atoms with E-state index in [1.807, 2.05) is 0 Å². The minimum atomic E-state index is -0.927. The smallest absolute Gasteiger partial charge is 0.160 e. The van der Waals surface area contributed by atoms with Gasteiger partial charge in [0, 0.05) is 37.6 Å². The number of hydrogen-bond donors (Lipinski definition) is 2. The SMILES string of the molecule is N=Cc1c(Nc2ccc(F)c(F)c2)cccc1OCCN1CCOCC1. The van der Waals surface area contributed by atoms with Crippen LogP contribution in [0.3, 0.4) is 0 Å². The summed E-state index contributed by atoms with van der Waals surface area (Å²) in [5.41, 5.74) is 1.55. The predicted octanol–water partition coefficient (Wildman–Crippen LogP) is 3.42. The van der Waals surface area contributed by atoms with Gasteiger partial charge in [0.15, 0.2) is 11.6 Å². The number of nitrogens with one attached hydrogen (secondary N) is 2. The Morgan fingerprint density at radius 2 is 1.96 bits per heavy atom. The van der Waals surface area contributed by atoms with E-state index in [9.17, 15) is 8.78 Å². The lowest BCUT2D eigenvalue weighted by molar-refractivity contribution is 0.0322. The van der Waals surface area contributed by atoms with Crippen molar-refractivity contribution in [1.29, 1.82) is 5.41 Å². The molecule has 1 aliphatic heterocycles. The third kappa shape index (κ3) is 4.56. The van der Waals surface area contributed by atoms with E-state index in [1.165, 1.54) is 12.3 Å². The molecule has 3 rings (SSSR count). The summed E-state index contributed by atoms with van der Waals surface area (Å²) in [7, 11) is 0. The van der Waals surface area contributed by atoms with Crippen molar-refractivity contribution >= 4 is 17.6 Å². The first-order valence-electron chi connectivity index (χ1n) is 8.46. The highest BCUT2D eigenvalue weighted by molar-refractivity contribution is 5.91. The molecule has 2 aromatic carbocycles. The van der Waals surface area contributed by atoms with Gasteiger partial charge >= 0.3 is 0 Å². The molecule has 138 valence electrons. The summed E-state index contributed by atoms with van der Waals surface area (Å²) in [5.74, 6) is -1.26. The number of morpholine rings is 1. The fourth-order valence-electron chi connectivity index (χ4n) is 2.77. The Bertz CT molecular complexity index is 764. The summed E-state index contributed by atoms with van der Waals surface area (Å²) in [6.07, 6.45) is 1.19. The third-order valence-electron chi connectivity index (χ3n) is 4.18. The second kappa shape index (κ2) is 8.73. The molecule has 0 aliphatic carbocycles. The van der Waals surface area contributed by atoms with E-state index in [1.54, 1.807) is 18.2 Å². The van der Waals surface area contributed by atoms with Gasteiger partial charge in [0.2, 0.25) is 0 Å². The molecule has 26 heavy (non-hydrogen) atoms. The molecule has 0 aromatic heterocycles. The molecular weight excluding hydrogens is 340 g/mol. The average Bonchev–Trinajstić information content (AvgIpc) is 2.66. The van der Waals surface area contributed by atoms with Gasteiger partial charge in [-0.25, -0.2) is 8.78 Å². The zero-order valence-corrected chi connectivity index (χ0v) is 14.3. The van der Waals surface area contributed by atoms with Gasteiger partial charge in [-0.15, -0.1) is 0 Å². The fourth-order valence-corrected chi connectivity index (χ4v) is 2.77. The topological polar surface area (TPSA) is 57.6 Å². The van der Waals surface area contributed by atoms with E-state index in [4.69, 9.17) is 14.9 Å². The Labute approximate surface area is 151 Å². The molecule has 2 N–H and O–H groups in total. The summed E-state index contributed by atoms with van der Waals surface area (Å²) in [5, 5.41) is 10.7. The summed E-state index contributed by atoms with van der Waals surface area (Å²) < 4.78 is 37.6. The first-order valence-corrected chi connectivity index (χ1v) is 8.46. The first kappa shape index (κ1) is 18.3. The van der Waals surface area contributed by atoms with Crippen molar-refractivity contribution < 1.29 is 18.3 Å². The van der Waals surface area contributed by atoms with Crippen LogP contribution in [0.2, 0.25) is 0 Å². The number of anilines is 2. The lowest BCUT2D eigenvalue weighted by atomic mass is 10.1. The molecule has 0 unspecified atom stereocenters. The van der Waals surface area contributed by atoms with E-state index < -0.39 is 11.6 Å². The number of ether oxygens (including phenoxy) is 2. The maximum atomic E-state index is 13.4. The monoisotopic (exact) mass is 361 g/mol. The minimum absolute atomic E-state index is 0.400. The highest BCUT2D eigenvalue weighted by Gasteiger charge is 2.12. The summed E-state index contributed by atoms with van der Waals surface area (Å²) in [4.78, 5) is 2.26. The van der Waals surface area contributed by atoms with Crippen LogP contribution in [0, 0.1) is 17.0 Å². The molecule has 0 saturated carbocycles. The average molecular weight is 361 g/mol. The Hall–Kier alpha value is -2.51. The molecule has 0 spiro atoms. The largest absolute Gasteiger partial charge is 0.491 e. The maximum Gasteiger partial charge on any atom is 0.160 e. The van der Waals surface area contributed by atoms with E-state index in [2.05, 4.69) is 10.2 Å². The van der Waals surface area contributed by atoms with Gasteiger partial charge in [0.25, 0.3) is 0 Å². The molecule has 7 heteroatoms. The van der Waals surface area contributed by atoms with Gasteiger partial charge in [0.05, 0.1) is 24.5 Å². The van der Waals surface area contributed by atoms with Crippen LogP contribution in [-0.4, -0.2) is 50.6 Å². The number of hydrogen-bond acceptors (Lipinski definition) is 5. The van der Waals surface area contributed by atoms with Crippen molar-refractivity contribution in [1.82, 2.24) is 4.90 Å². The number of benzene rings is 2. The lowest BCUT2D eigenvalue weighted by Gasteiger charge is -2.26. The van der Waals surface area contributed by atoms with Gasteiger partial charge in [-0.3, -0.25) is 4.90 Å². The van der Waals surface area contributed by atoms with Crippen LogP contribution >= 0.6 is 0 Å². The van der Waals surface area contributed by atoms with E-state index in [0.717, 1.165) is 45.0 Å². The van der Waals surface area contributed by atoms with Crippen LogP contribution in [0.25, 0.3) is 0 Å². The van der Waals surface area contributed by atoms with Crippen molar-refractivity contribution in [2.24, 2.45) is 0 Å². The van der Waals surface area contributed by atoms with Gasteiger partial charge in [-0.05, 0) is 24.3 Å². The molecule has 1 saturated heterocycles. The Kier molecular flexibility index (Phi) is 6.14. The van der Waals surface area contributed by atoms with Crippen molar-refractivity contribution in [2.45, 2.75) is 0 Å². The summed E-state index contributed by atoms with van der Waals surface area (Å²) >= 11 is 0. The summed E-state index contributed by atoms with van der Waals surface area (Å²) in [6, 6.07) is 8.92. The predicted molar refractivity (Wildman–Crippen MR) is 96.7 cm³/mol. The van der Waals surface area contributed by atoms with E-state index >= 15 is 0 Å². The first-order chi connectivity index (χ1) is 12.7. The van der Waals surface area contributed by atoms with E-state index in [0.29, 0.717) is 29.3 Å². The van der Waals surface area contributed by atoms with Crippen LogP contribution in [-0.2, 0) is 4.74 Å². The molecule has 1 fully saturated rings. The molecule has 1 aliphatic rings. The standard InChI is InChI=1S/C19H21F2N3O2/c20-16-5-4-14(12-17(16)21)23-18-2-1-3-19(15(18)13-22)26-11-8-24-6-9-25-10-7-24/h1-5,12-13,22-23H,6-11H2. The number of rotatable bonds is 7. The molecule has 0 bridgehead atoms. The third-order valence-corrected chi connectivity index (χ3v) is 4.18. The van der Waals surface area contributed by atoms with Gasteiger partial charge in [0.1, 0.15) is 12.4 Å². The minimum Gasteiger partial charge on any atom is -0.491 e. The molecule has 2 aromatic rings. The van der Waals surface area contributed by atoms with Crippen LogP contribution in [0.5, 0.6) is 5.75 Å². The highest BCUT2D eigenvalue weighted by Crippen LogP contribution is 2.28. The van der Waals surface area contributed by atoms with Crippen LogP contribution < -0.4 is 10.1 Å². The zero-order chi connectivity index (χ0) is 18.4. The normalized spacial score (nSPS) is 14.8. The van der Waals surface area contributed by atoms with E-state index in [-0.39, 0.29) is 0 Å². The molecule has 0 atom stereocenters. The highest BCUT2D eigenvalue weighted by atomic mass is 19.2. The Morgan fingerprint density at radius 1 is 1.15 bits per heavy atom. The zero-order valence-electron chi connectivity index (χ0n) is 14.3. The number of halogens is 2. The quantitative estimate of drug-likeness (QED) is 0.742. The van der Waals surface area contributed by atoms with Crippen molar-refractivity contribution in [2.75, 3.05) is 44.8 Å². The Balaban J connectivity index is 1.68. The number of nitrogens with zero attached hydrogens (tertiary/aromatic N) is 1. The maximum absolute atomic E-state index is 13.4. The van der Waals surface area contributed by atoms with Gasteiger partial charge < -0.3 is 20.2 Å². The van der Waals surface area contributed by atoms with Crippen molar-refractivity contribution in [3.63, 3.8) is 0 Å². The van der Waals surface area contributed by atoms with Crippen molar-refractivity contribution in [3.05, 3.63) is 53.6 Å². The van der Waals surface area contributed by atoms with Gasteiger partial charge in [-0.2, -0.15) is 0 Å². The molecule has 0 radical (unpaired) electrons. The van der Waals surface area contributed by atoms with Crippen LogP contribution in [0.4, 0.5) is 20.2 Å². The second-order valence-electron chi connectivity index (χ2n) is 5.92. The fraction of sp³-hybridized carbons (Fsp3) is 0.316.